The second kappa shape index (κ2) is 7.26. The van der Waals surface area contributed by atoms with Gasteiger partial charge in [0.25, 0.3) is 0 Å². The summed E-state index contributed by atoms with van der Waals surface area (Å²) in [5.74, 6) is 4.98. The SMILES string of the molecule is CC1C2CC(C1C)C(C)(C(=O)OC1C3CCC(C3)C1C)C2.CCC(F)(F)F. The molecule has 4 fully saturated rings. The molecule has 0 aromatic carbocycles. The van der Waals surface area contributed by atoms with Crippen LogP contribution in [0, 0.1) is 46.8 Å². The van der Waals surface area contributed by atoms with Crippen molar-refractivity contribution in [3.8, 4) is 0 Å². The number of carbonyl (C=O) groups excluding carboxylic acids is 1. The highest BCUT2D eigenvalue weighted by Crippen LogP contribution is 2.62. The van der Waals surface area contributed by atoms with Gasteiger partial charge in [-0.3, -0.25) is 4.79 Å². The predicted octanol–water partition coefficient (Wildman–Crippen LogP) is 6.24. The Morgan fingerprint density at radius 2 is 1.59 bits per heavy atom. The number of esters is 1. The van der Waals surface area contributed by atoms with Gasteiger partial charge in [-0.1, -0.05) is 27.7 Å². The first kappa shape index (κ1) is 21.0. The Hall–Kier alpha value is -0.740. The fourth-order valence-electron chi connectivity index (χ4n) is 6.58. The van der Waals surface area contributed by atoms with Crippen LogP contribution in [0.1, 0.15) is 73.1 Å². The van der Waals surface area contributed by atoms with Crippen molar-refractivity contribution in [2.45, 2.75) is 85.4 Å². The molecule has 0 saturated heterocycles. The maximum absolute atomic E-state index is 13.0. The molecule has 4 bridgehead atoms. The van der Waals surface area contributed by atoms with E-state index in [1.165, 1.54) is 25.7 Å². The number of halogens is 3. The highest BCUT2D eigenvalue weighted by Gasteiger charge is 2.60. The van der Waals surface area contributed by atoms with Gasteiger partial charge in [0.15, 0.2) is 0 Å². The molecule has 0 spiro atoms. The summed E-state index contributed by atoms with van der Waals surface area (Å²) in [5, 5.41) is 0. The lowest BCUT2D eigenvalue weighted by atomic mass is 9.67. The maximum Gasteiger partial charge on any atom is 0.388 e. The van der Waals surface area contributed by atoms with Crippen LogP contribution in [-0.4, -0.2) is 18.2 Å². The molecule has 0 amide bonds. The molecule has 5 heteroatoms. The fraction of sp³-hybridized carbons (Fsp3) is 0.955. The summed E-state index contributed by atoms with van der Waals surface area (Å²) in [6.07, 6.45) is 1.79. The summed E-state index contributed by atoms with van der Waals surface area (Å²) in [4.78, 5) is 13.0. The monoisotopic (exact) mass is 388 g/mol. The summed E-state index contributed by atoms with van der Waals surface area (Å²) in [7, 11) is 0. The minimum atomic E-state index is -3.96. The van der Waals surface area contributed by atoms with Crippen LogP contribution in [0.2, 0.25) is 0 Å². The first-order valence-electron chi connectivity index (χ1n) is 10.8. The second-order valence-electron chi connectivity index (χ2n) is 9.97. The average molecular weight is 389 g/mol. The van der Waals surface area contributed by atoms with Crippen molar-refractivity contribution >= 4 is 5.97 Å². The normalized spacial score (nSPS) is 47.7. The molecule has 4 aliphatic carbocycles. The number of hydrogen-bond donors (Lipinski definition) is 0. The van der Waals surface area contributed by atoms with E-state index in [1.807, 2.05) is 0 Å². The molecule has 2 nitrogen and oxygen atoms in total. The minimum Gasteiger partial charge on any atom is -0.461 e. The zero-order valence-electron chi connectivity index (χ0n) is 17.3. The highest BCUT2D eigenvalue weighted by molar-refractivity contribution is 5.78. The third kappa shape index (κ3) is 3.76. The molecule has 0 aromatic heterocycles. The molecule has 4 saturated carbocycles. The van der Waals surface area contributed by atoms with Crippen LogP contribution in [0.4, 0.5) is 13.2 Å². The molecule has 0 radical (unpaired) electrons. The molecular weight excluding hydrogens is 353 g/mol. The molecule has 4 aliphatic rings. The van der Waals surface area contributed by atoms with Crippen molar-refractivity contribution in [2.24, 2.45) is 46.8 Å². The molecule has 0 aliphatic heterocycles. The Kier molecular flexibility index (Phi) is 5.64. The van der Waals surface area contributed by atoms with Crippen molar-refractivity contribution in [1.29, 1.82) is 0 Å². The van der Waals surface area contributed by atoms with E-state index in [9.17, 15) is 18.0 Å². The summed E-state index contributed by atoms with van der Waals surface area (Å²) in [5.41, 5.74) is -0.196. The van der Waals surface area contributed by atoms with Crippen molar-refractivity contribution in [1.82, 2.24) is 0 Å². The zero-order chi connectivity index (χ0) is 20.1. The molecule has 27 heavy (non-hydrogen) atoms. The second-order valence-corrected chi connectivity index (χ2v) is 9.97. The van der Waals surface area contributed by atoms with Crippen molar-refractivity contribution in [3.63, 3.8) is 0 Å². The summed E-state index contributed by atoms with van der Waals surface area (Å²) >= 11 is 0. The lowest BCUT2D eigenvalue weighted by Crippen LogP contribution is -2.43. The Morgan fingerprint density at radius 3 is 2.04 bits per heavy atom. The van der Waals surface area contributed by atoms with Gasteiger partial charge >= 0.3 is 12.1 Å². The van der Waals surface area contributed by atoms with Crippen LogP contribution in [0.5, 0.6) is 0 Å². The Balaban J connectivity index is 0.000000307. The topological polar surface area (TPSA) is 26.3 Å². The number of alkyl halides is 3. The zero-order valence-corrected chi connectivity index (χ0v) is 17.3. The van der Waals surface area contributed by atoms with Crippen molar-refractivity contribution in [2.75, 3.05) is 0 Å². The van der Waals surface area contributed by atoms with Gasteiger partial charge in [-0.05, 0) is 80.5 Å². The lowest BCUT2D eigenvalue weighted by Gasteiger charge is -2.40. The predicted molar refractivity (Wildman–Crippen MR) is 98.9 cm³/mol. The highest BCUT2D eigenvalue weighted by atomic mass is 19.4. The first-order valence-corrected chi connectivity index (χ1v) is 10.8. The number of fused-ring (bicyclic) bond motifs is 4. The third-order valence-electron chi connectivity index (χ3n) is 8.62. The van der Waals surface area contributed by atoms with Gasteiger partial charge in [-0.2, -0.15) is 13.2 Å². The smallest absolute Gasteiger partial charge is 0.388 e. The van der Waals surface area contributed by atoms with Gasteiger partial charge in [0.05, 0.1) is 5.41 Å². The fourth-order valence-corrected chi connectivity index (χ4v) is 6.58. The largest absolute Gasteiger partial charge is 0.461 e. The van der Waals surface area contributed by atoms with Crippen molar-refractivity contribution in [3.05, 3.63) is 0 Å². The standard InChI is InChI=1S/C19H30O2.C3H5F3/c1-10-11(2)16-8-15(10)9-19(16,4)18(20)21-17-12(3)13-5-6-14(17)7-13;1-2-3(4,5)6/h10-17H,5-9H2,1-4H3;2H2,1H3. The van der Waals surface area contributed by atoms with E-state index in [1.54, 1.807) is 0 Å². The number of rotatable bonds is 2. The van der Waals surface area contributed by atoms with Crippen LogP contribution in [0.25, 0.3) is 0 Å². The van der Waals surface area contributed by atoms with E-state index < -0.39 is 12.6 Å². The van der Waals surface area contributed by atoms with Crippen LogP contribution in [-0.2, 0) is 9.53 Å². The maximum atomic E-state index is 13.0. The third-order valence-corrected chi connectivity index (χ3v) is 8.62. The molecule has 0 N–H and O–H groups in total. The van der Waals surface area contributed by atoms with E-state index in [2.05, 4.69) is 27.7 Å². The van der Waals surface area contributed by atoms with E-state index >= 15 is 0 Å². The van der Waals surface area contributed by atoms with Crippen molar-refractivity contribution < 1.29 is 22.7 Å². The van der Waals surface area contributed by atoms with Gasteiger partial charge in [-0.25, -0.2) is 0 Å². The van der Waals surface area contributed by atoms with E-state index in [4.69, 9.17) is 4.74 Å². The first-order chi connectivity index (χ1) is 12.5. The number of ether oxygens (including phenoxy) is 1. The minimum absolute atomic E-state index is 0.137. The van der Waals surface area contributed by atoms with Gasteiger partial charge in [0.1, 0.15) is 6.10 Å². The Labute approximate surface area is 161 Å². The molecule has 0 aromatic rings. The molecular formula is C22H35F3O2. The van der Waals surface area contributed by atoms with Crippen LogP contribution in [0.3, 0.4) is 0 Å². The summed E-state index contributed by atoms with van der Waals surface area (Å²) < 4.78 is 38.5. The molecule has 156 valence electrons. The van der Waals surface area contributed by atoms with Gasteiger partial charge < -0.3 is 4.74 Å². The summed E-state index contributed by atoms with van der Waals surface area (Å²) in [6, 6.07) is 0. The summed E-state index contributed by atoms with van der Waals surface area (Å²) in [6.45, 7) is 10.3. The molecule has 9 unspecified atom stereocenters. The van der Waals surface area contributed by atoms with Crippen LogP contribution in [0.15, 0.2) is 0 Å². The van der Waals surface area contributed by atoms with Crippen LogP contribution < -0.4 is 0 Å². The van der Waals surface area contributed by atoms with Gasteiger partial charge in [0.2, 0.25) is 0 Å². The number of hydrogen-bond acceptors (Lipinski definition) is 2. The Morgan fingerprint density at radius 1 is 1.00 bits per heavy atom. The molecule has 4 rings (SSSR count). The quantitative estimate of drug-likeness (QED) is 0.523. The van der Waals surface area contributed by atoms with E-state index in [0.29, 0.717) is 23.7 Å². The Bertz CT molecular complexity index is 556. The van der Waals surface area contributed by atoms with Crippen LogP contribution >= 0.6 is 0 Å². The van der Waals surface area contributed by atoms with E-state index in [0.717, 1.165) is 31.1 Å². The average Bonchev–Trinajstić information content (AvgIpc) is 3.33. The molecule has 0 heterocycles. The van der Waals surface area contributed by atoms with E-state index in [-0.39, 0.29) is 17.5 Å². The van der Waals surface area contributed by atoms with Gasteiger partial charge in [-0.15, -0.1) is 0 Å². The van der Waals surface area contributed by atoms with Gasteiger partial charge in [0, 0.05) is 6.42 Å². The number of carbonyl (C=O) groups is 1. The lowest BCUT2D eigenvalue weighted by molar-refractivity contribution is -0.171. The molecule has 9 atom stereocenters.